The van der Waals surface area contributed by atoms with Gasteiger partial charge in [0.1, 0.15) is 0 Å². The van der Waals surface area contributed by atoms with Crippen LogP contribution in [0, 0.1) is 0 Å². The lowest BCUT2D eigenvalue weighted by molar-refractivity contribution is 0.375. The highest BCUT2D eigenvalue weighted by molar-refractivity contribution is 7.92. The molecule has 2 aromatic carbocycles. The van der Waals surface area contributed by atoms with Gasteiger partial charge < -0.3 is 0 Å². The number of benzene rings is 2. The van der Waals surface area contributed by atoms with Gasteiger partial charge in [-0.15, -0.1) is 0 Å². The van der Waals surface area contributed by atoms with Gasteiger partial charge in [0.2, 0.25) is 20.0 Å². The van der Waals surface area contributed by atoms with E-state index in [1.54, 1.807) is 42.7 Å². The predicted octanol–water partition coefficient (Wildman–Crippen LogP) is 2.11. The molecule has 0 aliphatic carbocycles. The number of hydrogen-bond acceptors (Lipinski definition) is 7. The van der Waals surface area contributed by atoms with E-state index in [-0.39, 0.29) is 0 Å². The summed E-state index contributed by atoms with van der Waals surface area (Å²) in [5.74, 6) is 0. The molecule has 156 valence electrons. The molecule has 0 saturated carbocycles. The lowest BCUT2D eigenvalue weighted by atomic mass is 9.98. The largest absolute Gasteiger partial charge is 0.284 e. The first kappa shape index (κ1) is 20.2. The summed E-state index contributed by atoms with van der Waals surface area (Å²) in [7, 11) is -7.07. The van der Waals surface area contributed by atoms with Crippen LogP contribution >= 0.6 is 0 Å². The Hall–Kier alpha value is -3.05. The number of nitrogens with one attached hydrogen (secondary N) is 1. The van der Waals surface area contributed by atoms with Gasteiger partial charge >= 0.3 is 0 Å². The molecular formula is C19H19N5O4S2. The molecule has 1 atom stereocenters. The van der Waals surface area contributed by atoms with Gasteiger partial charge in [-0.25, -0.2) is 16.8 Å². The van der Waals surface area contributed by atoms with Crippen LogP contribution in [-0.2, 0) is 20.0 Å². The number of anilines is 1. The van der Waals surface area contributed by atoms with Gasteiger partial charge in [0.05, 0.1) is 35.3 Å². The number of hydrogen-bond donors (Lipinski definition) is 1. The molecule has 4 rings (SSSR count). The zero-order valence-corrected chi connectivity index (χ0v) is 17.9. The Bertz CT molecular complexity index is 1370. The highest BCUT2D eigenvalue weighted by Crippen LogP contribution is 2.35. The third-order valence-corrected chi connectivity index (χ3v) is 6.21. The number of fused-ring (bicyclic) bond motifs is 1. The maximum Gasteiger partial charge on any atom is 0.247 e. The van der Waals surface area contributed by atoms with Gasteiger partial charge in [-0.2, -0.15) is 9.52 Å². The Morgan fingerprint density at radius 2 is 1.70 bits per heavy atom. The van der Waals surface area contributed by atoms with Crippen molar-refractivity contribution in [2.45, 2.75) is 12.5 Å². The van der Waals surface area contributed by atoms with E-state index in [2.05, 4.69) is 19.8 Å². The molecule has 2 heterocycles. The lowest BCUT2D eigenvalue weighted by Gasteiger charge is -2.21. The van der Waals surface area contributed by atoms with E-state index in [4.69, 9.17) is 0 Å². The van der Waals surface area contributed by atoms with Crippen LogP contribution in [0.5, 0.6) is 0 Å². The summed E-state index contributed by atoms with van der Waals surface area (Å²) in [5.41, 5.74) is 3.69. The third kappa shape index (κ3) is 4.26. The van der Waals surface area contributed by atoms with Crippen LogP contribution in [0.1, 0.15) is 23.6 Å². The van der Waals surface area contributed by atoms with Crippen LogP contribution in [0.4, 0.5) is 5.69 Å². The van der Waals surface area contributed by atoms with Gasteiger partial charge in [0, 0.05) is 24.5 Å². The van der Waals surface area contributed by atoms with Crippen LogP contribution in [0.25, 0.3) is 11.0 Å². The van der Waals surface area contributed by atoms with Crippen molar-refractivity contribution in [1.29, 1.82) is 0 Å². The second kappa shape index (κ2) is 7.33. The molecule has 1 aromatic heterocycles. The Balaban J connectivity index is 1.72. The monoisotopic (exact) mass is 445 g/mol. The Kier molecular flexibility index (Phi) is 4.94. The van der Waals surface area contributed by atoms with Crippen LogP contribution in [-0.4, -0.2) is 49.4 Å². The smallest absolute Gasteiger partial charge is 0.247 e. The van der Waals surface area contributed by atoms with Crippen molar-refractivity contribution in [3.8, 4) is 0 Å². The summed E-state index contributed by atoms with van der Waals surface area (Å²) in [6.07, 6.45) is 5.68. The maximum atomic E-state index is 12.4. The van der Waals surface area contributed by atoms with E-state index in [1.165, 1.54) is 0 Å². The van der Waals surface area contributed by atoms with Gasteiger partial charge in [0.25, 0.3) is 0 Å². The fourth-order valence-electron chi connectivity index (χ4n) is 3.38. The van der Waals surface area contributed by atoms with E-state index in [9.17, 15) is 16.8 Å². The molecule has 1 N–H and O–H groups in total. The minimum Gasteiger partial charge on any atom is -0.284 e. The predicted molar refractivity (Wildman–Crippen MR) is 115 cm³/mol. The van der Waals surface area contributed by atoms with Gasteiger partial charge in [0.15, 0.2) is 0 Å². The van der Waals surface area contributed by atoms with Crippen molar-refractivity contribution in [3.63, 3.8) is 0 Å². The van der Waals surface area contributed by atoms with Crippen LogP contribution in [0.2, 0.25) is 0 Å². The summed E-state index contributed by atoms with van der Waals surface area (Å²) < 4.78 is 51.4. The summed E-state index contributed by atoms with van der Waals surface area (Å²) in [4.78, 5) is 8.53. The molecule has 0 fully saturated rings. The second-order valence-electron chi connectivity index (χ2n) is 7.06. The summed E-state index contributed by atoms with van der Waals surface area (Å²) in [6.45, 7) is 0. The summed E-state index contributed by atoms with van der Waals surface area (Å²) in [6, 6.07) is 11.6. The van der Waals surface area contributed by atoms with Crippen molar-refractivity contribution >= 4 is 42.5 Å². The number of rotatable bonds is 5. The molecule has 0 radical (unpaired) electrons. The molecule has 1 aliphatic rings. The third-order valence-electron chi connectivity index (χ3n) is 4.59. The van der Waals surface area contributed by atoms with Crippen molar-refractivity contribution in [2.24, 2.45) is 5.10 Å². The Morgan fingerprint density at radius 3 is 2.40 bits per heavy atom. The molecule has 0 unspecified atom stereocenters. The highest BCUT2D eigenvalue weighted by atomic mass is 32.2. The lowest BCUT2D eigenvalue weighted by Crippen LogP contribution is -2.25. The fourth-order valence-corrected chi connectivity index (χ4v) is 4.84. The van der Waals surface area contributed by atoms with Crippen LogP contribution < -0.4 is 4.72 Å². The van der Waals surface area contributed by atoms with Crippen molar-refractivity contribution < 1.29 is 16.8 Å². The SMILES string of the molecule is CS(=O)(=O)Nc1cccc(C2=NN(S(C)(=O)=O)[C@@H](c3ccc4nccnc4c3)C2)c1. The van der Waals surface area contributed by atoms with E-state index >= 15 is 0 Å². The Morgan fingerprint density at radius 1 is 0.967 bits per heavy atom. The number of nitrogens with zero attached hydrogens (tertiary/aromatic N) is 4. The highest BCUT2D eigenvalue weighted by Gasteiger charge is 2.34. The normalized spacial score (nSPS) is 17.2. The molecule has 1 aliphatic heterocycles. The Labute approximate surface area is 174 Å². The van der Waals surface area contributed by atoms with Gasteiger partial charge in [-0.05, 0) is 35.4 Å². The molecule has 9 nitrogen and oxygen atoms in total. The van der Waals surface area contributed by atoms with E-state index in [0.717, 1.165) is 22.5 Å². The first-order valence-corrected chi connectivity index (χ1v) is 12.7. The average molecular weight is 446 g/mol. The quantitative estimate of drug-likeness (QED) is 0.642. The molecule has 3 aromatic rings. The molecule has 0 spiro atoms. The van der Waals surface area contributed by atoms with E-state index in [1.807, 2.05) is 12.1 Å². The number of sulfonamides is 2. The van der Waals surface area contributed by atoms with Gasteiger partial charge in [-0.1, -0.05) is 18.2 Å². The molecule has 30 heavy (non-hydrogen) atoms. The molecular weight excluding hydrogens is 426 g/mol. The number of aromatic nitrogens is 2. The van der Waals surface area contributed by atoms with E-state index < -0.39 is 26.1 Å². The first-order chi connectivity index (χ1) is 14.1. The topological polar surface area (TPSA) is 122 Å². The molecule has 0 amide bonds. The van der Waals surface area contributed by atoms with Crippen LogP contribution in [0.3, 0.4) is 0 Å². The maximum absolute atomic E-state index is 12.4. The molecule has 11 heteroatoms. The van der Waals surface area contributed by atoms with Crippen molar-refractivity contribution in [2.75, 3.05) is 17.2 Å². The number of hydrazone groups is 1. The first-order valence-electron chi connectivity index (χ1n) is 8.96. The zero-order chi connectivity index (χ0) is 21.5. The van der Waals surface area contributed by atoms with Crippen molar-refractivity contribution in [1.82, 2.24) is 14.4 Å². The summed E-state index contributed by atoms with van der Waals surface area (Å²) >= 11 is 0. The molecule has 0 saturated heterocycles. The van der Waals surface area contributed by atoms with Gasteiger partial charge in [-0.3, -0.25) is 14.7 Å². The minimum absolute atomic E-state index is 0.334. The van der Waals surface area contributed by atoms with Crippen LogP contribution in [0.15, 0.2) is 60.0 Å². The molecule has 0 bridgehead atoms. The summed E-state index contributed by atoms with van der Waals surface area (Å²) in [5, 5.41) is 4.35. The standard InChI is InChI=1S/C19H19N5O4S2/c1-29(25,26)23-15-5-3-4-13(10-15)17-12-19(24(22-17)30(2,27)28)14-6-7-16-18(11-14)21-9-8-20-16/h3-11,19,23H,12H2,1-2H3/t19-/m1/s1. The minimum atomic E-state index is -3.63. The average Bonchev–Trinajstić information content (AvgIpc) is 3.12. The zero-order valence-electron chi connectivity index (χ0n) is 16.2. The van der Waals surface area contributed by atoms with Crippen molar-refractivity contribution in [3.05, 3.63) is 66.0 Å². The van der Waals surface area contributed by atoms with E-state index in [0.29, 0.717) is 34.4 Å². The second-order valence-corrected chi connectivity index (χ2v) is 10.7. The fraction of sp³-hybridized carbons (Fsp3) is 0.211.